The number of urea groups is 1. The number of carbonyl (C=O) groups excluding carboxylic acids is 1. The average molecular weight is 345 g/mol. The quantitative estimate of drug-likeness (QED) is 0.865. The van der Waals surface area contributed by atoms with Crippen LogP contribution in [-0.2, 0) is 4.84 Å². The Kier molecular flexibility index (Phi) is 4.42. The first-order valence-corrected chi connectivity index (χ1v) is 7.78. The molecule has 1 aliphatic rings. The van der Waals surface area contributed by atoms with Gasteiger partial charge in [-0.15, -0.1) is 0 Å². The highest BCUT2D eigenvalue weighted by atomic mass is 35.5. The van der Waals surface area contributed by atoms with Gasteiger partial charge in [-0.05, 0) is 50.2 Å². The molecule has 0 saturated heterocycles. The number of para-hydroxylation sites is 1. The molecule has 124 valence electrons. The van der Waals surface area contributed by atoms with Gasteiger partial charge >= 0.3 is 6.03 Å². The van der Waals surface area contributed by atoms with Gasteiger partial charge in [0.05, 0.1) is 5.69 Å². The van der Waals surface area contributed by atoms with Crippen LogP contribution in [0.1, 0.15) is 13.8 Å². The van der Waals surface area contributed by atoms with Crippen molar-refractivity contribution in [2.45, 2.75) is 19.6 Å². The first kappa shape index (κ1) is 16.3. The molecule has 3 rings (SSSR count). The van der Waals surface area contributed by atoms with Gasteiger partial charge in [-0.2, -0.15) is 5.06 Å². The third kappa shape index (κ3) is 3.84. The minimum Gasteiger partial charge on any atom is -0.308 e. The summed E-state index contributed by atoms with van der Waals surface area (Å²) < 4.78 is 0. The molecule has 0 fully saturated rings. The normalized spacial score (nSPS) is 15.8. The minimum absolute atomic E-state index is 0.317. The lowest BCUT2D eigenvalue weighted by Crippen LogP contribution is -2.43. The second-order valence-electron chi connectivity index (χ2n) is 5.69. The molecule has 0 saturated carbocycles. The van der Waals surface area contributed by atoms with E-state index < -0.39 is 11.8 Å². The summed E-state index contributed by atoms with van der Waals surface area (Å²) in [6, 6.07) is 15.8. The summed E-state index contributed by atoms with van der Waals surface area (Å²) in [7, 11) is 0. The molecule has 0 aliphatic carbocycles. The Labute approximate surface area is 145 Å². The average Bonchev–Trinajstić information content (AvgIpc) is 2.85. The predicted molar refractivity (Wildman–Crippen MR) is 95.1 cm³/mol. The smallest absolute Gasteiger partial charge is 0.308 e. The Bertz CT molecular complexity index is 760. The number of benzene rings is 2. The van der Waals surface area contributed by atoms with Crippen LogP contribution in [-0.4, -0.2) is 17.7 Å². The van der Waals surface area contributed by atoms with Crippen LogP contribution >= 0.6 is 11.6 Å². The Morgan fingerprint density at radius 3 is 2.42 bits per heavy atom. The number of hydrogen-bond acceptors (Lipinski definition) is 4. The number of halogens is 1. The van der Waals surface area contributed by atoms with Crippen molar-refractivity contribution in [3.63, 3.8) is 0 Å². The molecule has 2 N–H and O–H groups in total. The van der Waals surface area contributed by atoms with E-state index in [2.05, 4.69) is 15.6 Å². The first-order chi connectivity index (χ1) is 11.4. The first-order valence-electron chi connectivity index (χ1n) is 7.41. The Morgan fingerprint density at radius 1 is 1.08 bits per heavy atom. The molecule has 7 heteroatoms. The monoisotopic (exact) mass is 344 g/mol. The highest BCUT2D eigenvalue weighted by Crippen LogP contribution is 2.26. The van der Waals surface area contributed by atoms with Crippen molar-refractivity contribution in [1.29, 1.82) is 0 Å². The fraction of sp³-hybridized carbons (Fsp3) is 0.176. The fourth-order valence-corrected chi connectivity index (χ4v) is 2.33. The van der Waals surface area contributed by atoms with Crippen molar-refractivity contribution >= 4 is 35.0 Å². The zero-order chi connectivity index (χ0) is 17.2. The number of nitrogens with one attached hydrogen (secondary N) is 2. The third-order valence-corrected chi connectivity index (χ3v) is 3.45. The number of rotatable bonds is 2. The highest BCUT2D eigenvalue weighted by molar-refractivity contribution is 6.30. The molecule has 0 aromatic heterocycles. The Balaban J connectivity index is 1.73. The summed E-state index contributed by atoms with van der Waals surface area (Å²) >= 11 is 5.83. The molecule has 1 aliphatic heterocycles. The van der Waals surface area contributed by atoms with E-state index in [1.807, 2.05) is 44.2 Å². The predicted octanol–water partition coefficient (Wildman–Crippen LogP) is 4.01. The summed E-state index contributed by atoms with van der Waals surface area (Å²) in [6.07, 6.45) is 0. The molecule has 24 heavy (non-hydrogen) atoms. The van der Waals surface area contributed by atoms with Crippen molar-refractivity contribution < 1.29 is 9.63 Å². The van der Waals surface area contributed by atoms with Crippen molar-refractivity contribution in [2.24, 2.45) is 4.99 Å². The van der Waals surface area contributed by atoms with Crippen LogP contribution in [0, 0.1) is 0 Å². The van der Waals surface area contributed by atoms with E-state index >= 15 is 0 Å². The molecule has 6 nitrogen and oxygen atoms in total. The van der Waals surface area contributed by atoms with Crippen molar-refractivity contribution in [2.75, 3.05) is 10.4 Å². The van der Waals surface area contributed by atoms with Crippen LogP contribution in [0.15, 0.2) is 59.6 Å². The van der Waals surface area contributed by atoms with E-state index in [-0.39, 0.29) is 0 Å². The zero-order valence-corrected chi connectivity index (χ0v) is 14.0. The maximum Gasteiger partial charge on any atom is 0.326 e. The molecular formula is C17H17ClN4O2. The van der Waals surface area contributed by atoms with Gasteiger partial charge in [0.15, 0.2) is 5.72 Å². The topological polar surface area (TPSA) is 66.0 Å². The third-order valence-electron chi connectivity index (χ3n) is 3.20. The summed E-state index contributed by atoms with van der Waals surface area (Å²) in [4.78, 5) is 22.4. The Morgan fingerprint density at radius 2 is 1.75 bits per heavy atom. The molecule has 1 heterocycles. The number of aliphatic imine (C=N–C) groups is 1. The van der Waals surface area contributed by atoms with Gasteiger partial charge in [-0.1, -0.05) is 29.8 Å². The minimum atomic E-state index is -0.765. The number of guanidine groups is 1. The van der Waals surface area contributed by atoms with Gasteiger partial charge in [-0.3, -0.25) is 5.32 Å². The largest absolute Gasteiger partial charge is 0.326 e. The van der Waals surface area contributed by atoms with Gasteiger partial charge in [0, 0.05) is 10.7 Å². The standard InChI is InChI=1S/C17H17ClN4O2/c1-17(2)21-15(22(24-17)14-6-4-3-5-7-14)20-16(23)19-13-10-8-12(18)9-11-13/h3-11H,1-2H3,(H2,19,20,21,23). The number of anilines is 2. The van der Waals surface area contributed by atoms with Crippen molar-refractivity contribution in [1.82, 2.24) is 5.32 Å². The van der Waals surface area contributed by atoms with Crippen LogP contribution in [0.3, 0.4) is 0 Å². The number of hydroxylamine groups is 1. The molecule has 0 unspecified atom stereocenters. The van der Waals surface area contributed by atoms with E-state index in [9.17, 15) is 4.79 Å². The number of nitrogens with zero attached hydrogens (tertiary/aromatic N) is 2. The van der Waals surface area contributed by atoms with Gasteiger partial charge in [-0.25, -0.2) is 14.6 Å². The lowest BCUT2D eigenvalue weighted by Gasteiger charge is -2.22. The van der Waals surface area contributed by atoms with Gasteiger partial charge in [0.2, 0.25) is 5.96 Å². The summed E-state index contributed by atoms with van der Waals surface area (Å²) in [6.45, 7) is 3.63. The SMILES string of the molecule is CC1(C)N=C(NC(=O)Nc2ccc(Cl)cc2)N(c2ccccc2)O1. The number of carbonyl (C=O) groups is 1. The maximum absolute atomic E-state index is 12.2. The van der Waals surface area contributed by atoms with Gasteiger partial charge < -0.3 is 5.32 Å². The number of amides is 2. The van der Waals surface area contributed by atoms with E-state index in [0.29, 0.717) is 16.7 Å². The molecular weight excluding hydrogens is 328 g/mol. The highest BCUT2D eigenvalue weighted by Gasteiger charge is 2.34. The van der Waals surface area contributed by atoms with Gasteiger partial charge in [0.25, 0.3) is 0 Å². The van der Waals surface area contributed by atoms with E-state index in [4.69, 9.17) is 16.4 Å². The Hall–Kier alpha value is -2.57. The fourth-order valence-electron chi connectivity index (χ4n) is 2.20. The molecule has 0 atom stereocenters. The van der Waals surface area contributed by atoms with E-state index in [0.717, 1.165) is 5.69 Å². The lowest BCUT2D eigenvalue weighted by molar-refractivity contribution is 0.0141. The van der Waals surface area contributed by atoms with Crippen molar-refractivity contribution in [3.8, 4) is 0 Å². The van der Waals surface area contributed by atoms with Gasteiger partial charge in [0.1, 0.15) is 0 Å². The molecule has 0 bridgehead atoms. The number of hydrogen-bond donors (Lipinski definition) is 2. The zero-order valence-electron chi connectivity index (χ0n) is 13.3. The van der Waals surface area contributed by atoms with Crippen LogP contribution < -0.4 is 15.7 Å². The van der Waals surface area contributed by atoms with Crippen LogP contribution in [0.5, 0.6) is 0 Å². The van der Waals surface area contributed by atoms with Crippen LogP contribution in [0.25, 0.3) is 0 Å². The lowest BCUT2D eigenvalue weighted by atomic mass is 10.3. The second-order valence-corrected chi connectivity index (χ2v) is 6.13. The van der Waals surface area contributed by atoms with E-state index in [1.165, 1.54) is 5.06 Å². The van der Waals surface area contributed by atoms with Crippen molar-refractivity contribution in [3.05, 3.63) is 59.6 Å². The molecule has 2 aromatic rings. The van der Waals surface area contributed by atoms with Crippen LogP contribution in [0.4, 0.5) is 16.2 Å². The summed E-state index contributed by atoms with van der Waals surface area (Å²) in [5, 5.41) is 7.54. The van der Waals surface area contributed by atoms with E-state index in [1.54, 1.807) is 24.3 Å². The molecule has 0 spiro atoms. The molecule has 2 amide bonds. The maximum atomic E-state index is 12.2. The summed E-state index contributed by atoms with van der Waals surface area (Å²) in [5.41, 5.74) is 0.634. The molecule has 2 aromatic carbocycles. The second kappa shape index (κ2) is 6.51. The summed E-state index contributed by atoms with van der Waals surface area (Å²) in [5.74, 6) is 0.317. The van der Waals surface area contributed by atoms with Crippen LogP contribution in [0.2, 0.25) is 5.02 Å². The molecule has 0 radical (unpaired) electrons.